The summed E-state index contributed by atoms with van der Waals surface area (Å²) in [5, 5.41) is 4.09. The highest BCUT2D eigenvalue weighted by atomic mass is 35.5. The number of pyridine rings is 1. The summed E-state index contributed by atoms with van der Waals surface area (Å²) in [5.74, 6) is 0.215. The van der Waals surface area contributed by atoms with Crippen LogP contribution in [0.4, 0.5) is 5.69 Å². The number of carbonyl (C=O) groups is 1. The molecule has 0 unspecified atom stereocenters. The van der Waals surface area contributed by atoms with Crippen molar-refractivity contribution in [3.63, 3.8) is 0 Å². The lowest BCUT2D eigenvalue weighted by Crippen LogP contribution is -2.14. The minimum Gasteiger partial charge on any atom is -0.325 e. The van der Waals surface area contributed by atoms with Crippen molar-refractivity contribution in [1.82, 2.24) is 4.98 Å². The van der Waals surface area contributed by atoms with Gasteiger partial charge in [0, 0.05) is 11.9 Å². The normalized spacial score (nSPS) is 10.3. The molecule has 1 heterocycles. The van der Waals surface area contributed by atoms with E-state index >= 15 is 0 Å². The number of nitrogens with zero attached hydrogens (tertiary/aromatic N) is 1. The number of anilines is 1. The molecule has 1 N–H and O–H groups in total. The van der Waals surface area contributed by atoms with Crippen LogP contribution in [-0.2, 0) is 11.2 Å². The summed E-state index contributed by atoms with van der Waals surface area (Å²) < 4.78 is 0. The lowest BCUT2D eigenvalue weighted by molar-refractivity contribution is -0.113. The molecule has 0 atom stereocenters. The van der Waals surface area contributed by atoms with Crippen LogP contribution in [0.1, 0.15) is 12.5 Å². The van der Waals surface area contributed by atoms with E-state index in [1.807, 2.05) is 24.3 Å². The van der Waals surface area contributed by atoms with Crippen LogP contribution in [0.5, 0.6) is 0 Å². The molecular formula is C15H15ClN2OS. The number of benzene rings is 1. The van der Waals surface area contributed by atoms with Crippen LogP contribution in [-0.4, -0.2) is 16.6 Å². The van der Waals surface area contributed by atoms with Gasteiger partial charge in [-0.15, -0.1) is 0 Å². The summed E-state index contributed by atoms with van der Waals surface area (Å²) in [6, 6.07) is 11.4. The molecule has 0 saturated heterocycles. The summed E-state index contributed by atoms with van der Waals surface area (Å²) >= 11 is 7.31. The predicted octanol–water partition coefficient (Wildman–Crippen LogP) is 4.03. The highest BCUT2D eigenvalue weighted by molar-refractivity contribution is 8.00. The minimum atomic E-state index is -0.0685. The molecule has 0 radical (unpaired) electrons. The Hall–Kier alpha value is -1.52. The molecule has 0 aliphatic rings. The van der Waals surface area contributed by atoms with E-state index in [0.29, 0.717) is 10.0 Å². The second-order valence-corrected chi connectivity index (χ2v) is 5.55. The Bertz CT molecular complexity index is 587. The zero-order valence-corrected chi connectivity index (χ0v) is 12.7. The number of hydrogen-bond donors (Lipinski definition) is 1. The van der Waals surface area contributed by atoms with Gasteiger partial charge in [-0.25, -0.2) is 4.98 Å². The van der Waals surface area contributed by atoms with Gasteiger partial charge < -0.3 is 5.32 Å². The van der Waals surface area contributed by atoms with Crippen LogP contribution >= 0.6 is 23.4 Å². The maximum absolute atomic E-state index is 11.8. The van der Waals surface area contributed by atoms with E-state index in [-0.39, 0.29) is 11.7 Å². The molecule has 20 heavy (non-hydrogen) atoms. The SMILES string of the molecule is CCc1ccc(NC(=O)CSc2ncccc2Cl)cc1. The van der Waals surface area contributed by atoms with Crippen LogP contribution in [0.2, 0.25) is 5.02 Å². The lowest BCUT2D eigenvalue weighted by Gasteiger charge is -2.06. The van der Waals surface area contributed by atoms with Crippen molar-refractivity contribution in [2.45, 2.75) is 18.4 Å². The third-order valence-electron chi connectivity index (χ3n) is 2.71. The third kappa shape index (κ3) is 4.25. The first-order valence-corrected chi connectivity index (χ1v) is 7.67. The van der Waals surface area contributed by atoms with Gasteiger partial charge >= 0.3 is 0 Å². The number of rotatable bonds is 5. The minimum absolute atomic E-state index is 0.0685. The molecule has 5 heteroatoms. The summed E-state index contributed by atoms with van der Waals surface area (Å²) in [6.07, 6.45) is 2.65. The van der Waals surface area contributed by atoms with Crippen LogP contribution < -0.4 is 5.32 Å². The zero-order valence-electron chi connectivity index (χ0n) is 11.1. The first-order chi connectivity index (χ1) is 9.69. The van der Waals surface area contributed by atoms with Gasteiger partial charge in [0.05, 0.1) is 10.8 Å². The number of hydrogen-bond acceptors (Lipinski definition) is 3. The maximum atomic E-state index is 11.8. The van der Waals surface area contributed by atoms with Crippen LogP contribution in [0.15, 0.2) is 47.6 Å². The van der Waals surface area contributed by atoms with Gasteiger partial charge in [0.1, 0.15) is 5.03 Å². The summed E-state index contributed by atoms with van der Waals surface area (Å²) in [5.41, 5.74) is 2.05. The molecule has 1 aromatic carbocycles. The van der Waals surface area contributed by atoms with Crippen molar-refractivity contribution >= 4 is 35.0 Å². The molecule has 0 spiro atoms. The molecule has 1 aromatic heterocycles. The highest BCUT2D eigenvalue weighted by Crippen LogP contribution is 2.24. The molecule has 2 aromatic rings. The van der Waals surface area contributed by atoms with Gasteiger partial charge in [-0.05, 0) is 36.2 Å². The molecule has 3 nitrogen and oxygen atoms in total. The van der Waals surface area contributed by atoms with E-state index in [1.54, 1.807) is 18.3 Å². The molecule has 1 amide bonds. The van der Waals surface area contributed by atoms with Crippen molar-refractivity contribution in [3.05, 3.63) is 53.2 Å². The van der Waals surface area contributed by atoms with Gasteiger partial charge in [-0.2, -0.15) is 0 Å². The Balaban J connectivity index is 1.87. The zero-order chi connectivity index (χ0) is 14.4. The number of aromatic nitrogens is 1. The van der Waals surface area contributed by atoms with E-state index in [2.05, 4.69) is 17.2 Å². The second kappa shape index (κ2) is 7.31. The van der Waals surface area contributed by atoms with E-state index in [9.17, 15) is 4.79 Å². The van der Waals surface area contributed by atoms with Gasteiger partial charge in [0.2, 0.25) is 5.91 Å². The fourth-order valence-electron chi connectivity index (χ4n) is 1.63. The smallest absolute Gasteiger partial charge is 0.234 e. The Morgan fingerprint density at radius 2 is 2.05 bits per heavy atom. The Morgan fingerprint density at radius 1 is 1.30 bits per heavy atom. The predicted molar refractivity (Wildman–Crippen MR) is 84.4 cm³/mol. The van der Waals surface area contributed by atoms with Crippen molar-refractivity contribution in [3.8, 4) is 0 Å². The maximum Gasteiger partial charge on any atom is 0.234 e. The molecule has 0 aliphatic carbocycles. The van der Waals surface area contributed by atoms with Crippen LogP contribution in [0.3, 0.4) is 0 Å². The van der Waals surface area contributed by atoms with Crippen molar-refractivity contribution in [2.75, 3.05) is 11.1 Å². The highest BCUT2D eigenvalue weighted by Gasteiger charge is 2.07. The van der Waals surface area contributed by atoms with Crippen molar-refractivity contribution < 1.29 is 4.79 Å². The molecule has 0 saturated carbocycles. The Labute approximate surface area is 127 Å². The van der Waals surface area contributed by atoms with Crippen LogP contribution in [0, 0.1) is 0 Å². The van der Waals surface area contributed by atoms with Gasteiger partial charge in [0.25, 0.3) is 0 Å². The monoisotopic (exact) mass is 306 g/mol. The van der Waals surface area contributed by atoms with Crippen molar-refractivity contribution in [1.29, 1.82) is 0 Å². The van der Waals surface area contributed by atoms with Gasteiger partial charge in [0.15, 0.2) is 0 Å². The summed E-state index contributed by atoms with van der Waals surface area (Å²) in [7, 11) is 0. The Kier molecular flexibility index (Phi) is 5.44. The number of carbonyl (C=O) groups excluding carboxylic acids is 1. The number of thioether (sulfide) groups is 1. The fourth-order valence-corrected chi connectivity index (χ4v) is 2.60. The number of amides is 1. The summed E-state index contributed by atoms with van der Waals surface area (Å²) in [4.78, 5) is 16.0. The summed E-state index contributed by atoms with van der Waals surface area (Å²) in [6.45, 7) is 2.10. The quantitative estimate of drug-likeness (QED) is 0.848. The molecule has 2 rings (SSSR count). The largest absolute Gasteiger partial charge is 0.325 e. The number of nitrogens with one attached hydrogen (secondary N) is 1. The molecule has 0 bridgehead atoms. The Morgan fingerprint density at radius 3 is 2.70 bits per heavy atom. The van der Waals surface area contributed by atoms with Gasteiger partial charge in [-0.3, -0.25) is 4.79 Å². The molecule has 104 valence electrons. The van der Waals surface area contributed by atoms with E-state index in [0.717, 1.165) is 12.1 Å². The van der Waals surface area contributed by atoms with E-state index < -0.39 is 0 Å². The average molecular weight is 307 g/mol. The number of halogens is 1. The lowest BCUT2D eigenvalue weighted by atomic mass is 10.1. The first kappa shape index (κ1) is 14.9. The van der Waals surface area contributed by atoms with Crippen molar-refractivity contribution in [2.24, 2.45) is 0 Å². The molecular weight excluding hydrogens is 292 g/mol. The van der Waals surface area contributed by atoms with Gasteiger partial charge in [-0.1, -0.05) is 42.4 Å². The molecule has 0 aliphatic heterocycles. The van der Waals surface area contributed by atoms with Crippen LogP contribution in [0.25, 0.3) is 0 Å². The fraction of sp³-hybridized carbons (Fsp3) is 0.200. The third-order valence-corrected chi connectivity index (χ3v) is 4.13. The average Bonchev–Trinajstić information content (AvgIpc) is 2.47. The van der Waals surface area contributed by atoms with E-state index in [4.69, 9.17) is 11.6 Å². The first-order valence-electron chi connectivity index (χ1n) is 6.31. The topological polar surface area (TPSA) is 42.0 Å². The van der Waals surface area contributed by atoms with E-state index in [1.165, 1.54) is 17.3 Å². The second-order valence-electron chi connectivity index (χ2n) is 4.18. The molecule has 0 fully saturated rings. The standard InChI is InChI=1S/C15H15ClN2OS/c1-2-11-5-7-12(8-6-11)18-14(19)10-20-15-13(16)4-3-9-17-15/h3-9H,2,10H2,1H3,(H,18,19). The number of aryl methyl sites for hydroxylation is 1.